The molecule has 314 valence electrons. The van der Waals surface area contributed by atoms with Crippen molar-refractivity contribution in [2.24, 2.45) is 0 Å². The van der Waals surface area contributed by atoms with E-state index in [0.29, 0.717) is 0 Å². The molecular formula is C60H46B2N2O2. The number of aryl methyl sites for hydroxylation is 8. The predicted molar refractivity (Wildman–Crippen MR) is 282 cm³/mol. The van der Waals surface area contributed by atoms with Gasteiger partial charge in [-0.3, -0.25) is 0 Å². The summed E-state index contributed by atoms with van der Waals surface area (Å²) in [6.45, 7) is 17.9. The van der Waals surface area contributed by atoms with E-state index in [0.717, 1.165) is 55.3 Å². The van der Waals surface area contributed by atoms with Crippen molar-refractivity contribution < 1.29 is 8.83 Å². The van der Waals surface area contributed by atoms with Crippen LogP contribution in [0.1, 0.15) is 44.5 Å². The summed E-state index contributed by atoms with van der Waals surface area (Å²) < 4.78 is 13.8. The van der Waals surface area contributed by atoms with Gasteiger partial charge < -0.3 is 18.6 Å². The van der Waals surface area contributed by atoms with Crippen LogP contribution in [-0.2, 0) is 0 Å². The van der Waals surface area contributed by atoms with Gasteiger partial charge in [-0.25, -0.2) is 0 Å². The molecule has 0 saturated carbocycles. The Labute approximate surface area is 385 Å². The Morgan fingerprint density at radius 2 is 0.788 bits per heavy atom. The molecular weight excluding hydrogens is 802 g/mol. The number of hydrogen-bond acceptors (Lipinski definition) is 4. The molecule has 0 N–H and O–H groups in total. The molecule has 0 radical (unpaired) electrons. The molecule has 0 bridgehead atoms. The Morgan fingerprint density at radius 3 is 1.33 bits per heavy atom. The van der Waals surface area contributed by atoms with Crippen molar-refractivity contribution in [2.45, 2.75) is 55.4 Å². The van der Waals surface area contributed by atoms with Crippen LogP contribution in [0.15, 0.2) is 142 Å². The zero-order valence-corrected chi connectivity index (χ0v) is 38.6. The van der Waals surface area contributed by atoms with Crippen LogP contribution in [0, 0.1) is 55.4 Å². The van der Waals surface area contributed by atoms with E-state index in [1.165, 1.54) is 111 Å². The Balaban J connectivity index is 1.11. The highest BCUT2D eigenvalue weighted by atomic mass is 16.3. The average molecular weight is 849 g/mol. The van der Waals surface area contributed by atoms with Crippen molar-refractivity contribution in [3.8, 4) is 0 Å². The lowest BCUT2D eigenvalue weighted by molar-refractivity contribution is 0.668. The number of rotatable bonds is 2. The second-order valence-corrected chi connectivity index (χ2v) is 19.8. The van der Waals surface area contributed by atoms with Gasteiger partial charge in [-0.15, -0.1) is 0 Å². The standard InChI is InChI=1S/C60H46B2N2O2/c1-31-15-17-39-25-42-44-28-48-52(30-56(44)66-54(42)26-40(39)23-31)64-50-14-9-11-45-59(50)63(49-13-10-12-46(60(49)64)62(48)58-37(7)21-34(4)22-38(58)8)51-29-55-43(41-18-16-32(2)24-53(41)65-55)27-47(51)61(45)57-35(5)19-33(3)20-36(57)6/h9-30H,1-8H3. The lowest BCUT2D eigenvalue weighted by atomic mass is 9.33. The van der Waals surface area contributed by atoms with Crippen LogP contribution < -0.4 is 42.6 Å². The molecule has 0 aliphatic carbocycles. The molecule has 0 spiro atoms. The summed E-state index contributed by atoms with van der Waals surface area (Å²) in [5, 5.41) is 7.03. The third-order valence-electron chi connectivity index (χ3n) is 15.3. The minimum Gasteiger partial charge on any atom is -0.456 e. The first-order chi connectivity index (χ1) is 32.0. The van der Waals surface area contributed by atoms with E-state index in [2.05, 4.69) is 199 Å². The first-order valence-electron chi connectivity index (χ1n) is 23.4. The second kappa shape index (κ2) is 13.1. The minimum absolute atomic E-state index is 0.0122. The number of nitrogens with zero attached hydrogens (tertiary/aromatic N) is 2. The largest absolute Gasteiger partial charge is 0.456 e. The third kappa shape index (κ3) is 5.02. The molecule has 3 aliphatic rings. The van der Waals surface area contributed by atoms with Crippen molar-refractivity contribution in [1.82, 2.24) is 0 Å². The van der Waals surface area contributed by atoms with Gasteiger partial charge in [0.2, 0.25) is 13.4 Å². The molecule has 0 fully saturated rings. The summed E-state index contributed by atoms with van der Waals surface area (Å²) >= 11 is 0. The summed E-state index contributed by atoms with van der Waals surface area (Å²) in [4.78, 5) is 5.16. The second-order valence-electron chi connectivity index (χ2n) is 19.8. The zero-order valence-electron chi connectivity index (χ0n) is 38.6. The summed E-state index contributed by atoms with van der Waals surface area (Å²) in [5.41, 5.74) is 28.9. The summed E-state index contributed by atoms with van der Waals surface area (Å²) in [6, 6.07) is 51.0. The Bertz CT molecular complexity index is 3980. The van der Waals surface area contributed by atoms with Crippen LogP contribution >= 0.6 is 0 Å². The molecule has 5 heterocycles. The first kappa shape index (κ1) is 37.9. The average Bonchev–Trinajstić information content (AvgIpc) is 3.81. The van der Waals surface area contributed by atoms with Crippen molar-refractivity contribution >= 4 is 135 Å². The first-order valence-corrected chi connectivity index (χ1v) is 23.4. The number of benzene rings is 9. The summed E-state index contributed by atoms with van der Waals surface area (Å²) in [6.07, 6.45) is 0. The topological polar surface area (TPSA) is 32.8 Å². The van der Waals surface area contributed by atoms with Crippen LogP contribution in [-0.4, -0.2) is 13.4 Å². The Kier molecular flexibility index (Phi) is 7.52. The fourth-order valence-corrected chi connectivity index (χ4v) is 12.9. The molecule has 9 aromatic carbocycles. The minimum atomic E-state index is -0.0232. The van der Waals surface area contributed by atoms with E-state index in [1.807, 2.05) is 0 Å². The molecule has 0 amide bonds. The van der Waals surface area contributed by atoms with E-state index < -0.39 is 0 Å². The highest BCUT2D eigenvalue weighted by Crippen LogP contribution is 2.56. The molecule has 14 rings (SSSR count). The lowest BCUT2D eigenvalue weighted by Gasteiger charge is -2.49. The normalized spacial score (nSPS) is 13.6. The van der Waals surface area contributed by atoms with Crippen molar-refractivity contribution in [1.29, 1.82) is 0 Å². The summed E-state index contributed by atoms with van der Waals surface area (Å²) in [5.74, 6) is 0. The third-order valence-corrected chi connectivity index (χ3v) is 15.3. The number of fused-ring (bicyclic) bond motifs is 13. The number of furan rings is 2. The van der Waals surface area contributed by atoms with Crippen LogP contribution in [0.5, 0.6) is 0 Å². The van der Waals surface area contributed by atoms with Crippen LogP contribution in [0.4, 0.5) is 34.1 Å². The number of hydrogen-bond donors (Lipinski definition) is 0. The molecule has 0 unspecified atom stereocenters. The molecule has 3 aliphatic heterocycles. The fourth-order valence-electron chi connectivity index (χ4n) is 12.9. The van der Waals surface area contributed by atoms with Gasteiger partial charge in [-0.2, -0.15) is 0 Å². The van der Waals surface area contributed by atoms with Crippen LogP contribution in [0.3, 0.4) is 0 Å². The monoisotopic (exact) mass is 848 g/mol. The van der Waals surface area contributed by atoms with E-state index in [4.69, 9.17) is 8.83 Å². The molecule has 66 heavy (non-hydrogen) atoms. The SMILES string of the molecule is Cc1cc(C)c(B2c3cc4c(cc3N3c5cccc6c5N(c5cc7oc8cc9cc(C)ccc9cc8c7cc5B6c5c(C)cc(C)cc5C)c5cccc2c53)oc2cc(C)ccc24)c(C)c1. The lowest BCUT2D eigenvalue weighted by Crippen LogP contribution is -2.61. The van der Waals surface area contributed by atoms with Gasteiger partial charge in [0.25, 0.3) is 0 Å². The van der Waals surface area contributed by atoms with Gasteiger partial charge in [0, 0.05) is 45.1 Å². The van der Waals surface area contributed by atoms with Crippen molar-refractivity contribution in [3.05, 3.63) is 178 Å². The fraction of sp³-hybridized carbons (Fsp3) is 0.133. The molecule has 2 aromatic heterocycles. The van der Waals surface area contributed by atoms with Gasteiger partial charge >= 0.3 is 0 Å². The highest BCUT2D eigenvalue weighted by Gasteiger charge is 2.47. The van der Waals surface area contributed by atoms with E-state index in [9.17, 15) is 0 Å². The maximum Gasteiger partial charge on any atom is 0.247 e. The van der Waals surface area contributed by atoms with Crippen LogP contribution in [0.2, 0.25) is 0 Å². The van der Waals surface area contributed by atoms with Gasteiger partial charge in [0.05, 0.1) is 22.7 Å². The molecule has 0 atom stereocenters. The molecule has 11 aromatic rings. The predicted octanol–water partition coefficient (Wildman–Crippen LogP) is 12.0. The van der Waals surface area contributed by atoms with Gasteiger partial charge in [-0.1, -0.05) is 141 Å². The van der Waals surface area contributed by atoms with Gasteiger partial charge in [0.1, 0.15) is 22.3 Å². The molecule has 0 saturated heterocycles. The van der Waals surface area contributed by atoms with Crippen molar-refractivity contribution in [3.63, 3.8) is 0 Å². The highest BCUT2D eigenvalue weighted by molar-refractivity contribution is 7.00. The quantitative estimate of drug-likeness (QED) is 0.162. The maximum absolute atomic E-state index is 6.95. The summed E-state index contributed by atoms with van der Waals surface area (Å²) in [7, 11) is 0. The maximum atomic E-state index is 6.95. The van der Waals surface area contributed by atoms with E-state index >= 15 is 0 Å². The smallest absolute Gasteiger partial charge is 0.247 e. The van der Waals surface area contributed by atoms with Crippen molar-refractivity contribution in [2.75, 3.05) is 9.80 Å². The number of anilines is 6. The Morgan fingerprint density at radius 1 is 0.333 bits per heavy atom. The zero-order chi connectivity index (χ0) is 44.6. The number of para-hydroxylation sites is 2. The van der Waals surface area contributed by atoms with E-state index in [1.54, 1.807) is 0 Å². The molecule has 6 heteroatoms. The van der Waals surface area contributed by atoms with Crippen LogP contribution in [0.25, 0.3) is 54.6 Å². The van der Waals surface area contributed by atoms with Gasteiger partial charge in [0.15, 0.2) is 0 Å². The Hall–Kier alpha value is -7.43. The molecule has 4 nitrogen and oxygen atoms in total. The van der Waals surface area contributed by atoms with E-state index in [-0.39, 0.29) is 13.4 Å². The van der Waals surface area contributed by atoms with Gasteiger partial charge in [-0.05, 0) is 124 Å².